The summed E-state index contributed by atoms with van der Waals surface area (Å²) >= 11 is 0. The van der Waals surface area contributed by atoms with Crippen molar-refractivity contribution in [2.45, 2.75) is 38.6 Å². The minimum atomic E-state index is -0.171. The quantitative estimate of drug-likeness (QED) is 0.799. The Bertz CT molecular complexity index is 901. The Kier molecular flexibility index (Phi) is 3.80. The zero-order valence-electron chi connectivity index (χ0n) is 13.7. The van der Waals surface area contributed by atoms with E-state index in [0.717, 1.165) is 31.4 Å². The Labute approximate surface area is 139 Å². The van der Waals surface area contributed by atoms with Crippen LogP contribution in [0.25, 0.3) is 22.4 Å². The molecule has 0 amide bonds. The van der Waals surface area contributed by atoms with Crippen molar-refractivity contribution < 1.29 is 4.42 Å². The first-order valence-electron chi connectivity index (χ1n) is 8.47. The molecule has 3 aromatic heterocycles. The highest BCUT2D eigenvalue weighted by molar-refractivity contribution is 5.90. The Balaban J connectivity index is 1.85. The Morgan fingerprint density at radius 2 is 2.29 bits per heavy atom. The largest absolute Gasteiger partial charge is 0.464 e. The van der Waals surface area contributed by atoms with Crippen molar-refractivity contribution in [2.24, 2.45) is 0 Å². The summed E-state index contributed by atoms with van der Waals surface area (Å²) in [5, 5.41) is 0.473. The van der Waals surface area contributed by atoms with Gasteiger partial charge < -0.3 is 9.32 Å². The van der Waals surface area contributed by atoms with Crippen LogP contribution < -0.4 is 10.5 Å². The fourth-order valence-corrected chi connectivity index (χ4v) is 3.53. The molecule has 0 bridgehead atoms. The molecule has 0 aliphatic carbocycles. The molecule has 1 aliphatic heterocycles. The third kappa shape index (κ3) is 2.48. The van der Waals surface area contributed by atoms with E-state index < -0.39 is 0 Å². The molecule has 24 heavy (non-hydrogen) atoms. The van der Waals surface area contributed by atoms with Gasteiger partial charge in [-0.05, 0) is 43.9 Å². The smallest absolute Gasteiger partial charge is 0.262 e. The normalized spacial score (nSPS) is 18.2. The monoisotopic (exact) mass is 324 g/mol. The minimum Gasteiger partial charge on any atom is -0.464 e. The second-order valence-electron chi connectivity index (χ2n) is 6.18. The number of aromatic nitrogens is 3. The summed E-state index contributed by atoms with van der Waals surface area (Å²) in [6.45, 7) is 3.10. The number of piperidine rings is 1. The van der Waals surface area contributed by atoms with Crippen LogP contribution in [0.3, 0.4) is 0 Å². The van der Waals surface area contributed by atoms with Gasteiger partial charge in [0.15, 0.2) is 5.65 Å². The van der Waals surface area contributed by atoms with Crippen LogP contribution in [0.2, 0.25) is 0 Å². The lowest BCUT2D eigenvalue weighted by Crippen LogP contribution is -2.41. The zero-order chi connectivity index (χ0) is 16.5. The molecule has 1 N–H and O–H groups in total. The second-order valence-corrected chi connectivity index (χ2v) is 6.18. The summed E-state index contributed by atoms with van der Waals surface area (Å²) in [6.07, 6.45) is 7.80. The Hall–Kier alpha value is -2.63. The van der Waals surface area contributed by atoms with Crippen molar-refractivity contribution >= 4 is 17.0 Å². The summed E-state index contributed by atoms with van der Waals surface area (Å²) in [7, 11) is 0. The summed E-state index contributed by atoms with van der Waals surface area (Å²) < 4.78 is 5.44. The maximum atomic E-state index is 12.7. The van der Waals surface area contributed by atoms with Gasteiger partial charge in [-0.25, -0.2) is 4.98 Å². The van der Waals surface area contributed by atoms with Crippen molar-refractivity contribution in [1.29, 1.82) is 0 Å². The van der Waals surface area contributed by atoms with Crippen LogP contribution in [0.1, 0.15) is 32.6 Å². The van der Waals surface area contributed by atoms with Crippen LogP contribution in [0.4, 0.5) is 5.95 Å². The highest BCUT2D eigenvalue weighted by Crippen LogP contribution is 2.27. The number of H-pyrrole nitrogens is 1. The number of nitrogens with one attached hydrogen (secondary N) is 1. The number of fused-ring (bicyclic) bond motifs is 1. The lowest BCUT2D eigenvalue weighted by atomic mass is 10.0. The zero-order valence-corrected chi connectivity index (χ0v) is 13.7. The number of rotatable bonds is 3. The van der Waals surface area contributed by atoms with E-state index in [9.17, 15) is 4.79 Å². The second kappa shape index (κ2) is 6.11. The van der Waals surface area contributed by atoms with E-state index in [-0.39, 0.29) is 5.56 Å². The molecule has 0 radical (unpaired) electrons. The van der Waals surface area contributed by atoms with E-state index in [0.29, 0.717) is 28.8 Å². The van der Waals surface area contributed by atoms with E-state index >= 15 is 0 Å². The molecular weight excluding hydrogens is 304 g/mol. The SMILES string of the molecule is CCC1CCCCN1c1nc2nccc(-c3ccco3)c2c(=O)[nH]1. The van der Waals surface area contributed by atoms with Gasteiger partial charge in [0.25, 0.3) is 5.56 Å². The van der Waals surface area contributed by atoms with Crippen LogP contribution in [0.5, 0.6) is 0 Å². The van der Waals surface area contributed by atoms with Crippen LogP contribution in [0.15, 0.2) is 39.9 Å². The molecule has 6 heteroatoms. The van der Waals surface area contributed by atoms with E-state index in [4.69, 9.17) is 4.42 Å². The summed E-state index contributed by atoms with van der Waals surface area (Å²) in [4.78, 5) is 26.9. The number of hydrogen-bond donors (Lipinski definition) is 1. The molecule has 4 heterocycles. The average molecular weight is 324 g/mol. The van der Waals surface area contributed by atoms with Crippen molar-refractivity contribution in [3.63, 3.8) is 0 Å². The first kappa shape index (κ1) is 14.9. The molecule has 0 saturated carbocycles. The molecular formula is C18H20N4O2. The van der Waals surface area contributed by atoms with Crippen LogP contribution in [-0.2, 0) is 0 Å². The van der Waals surface area contributed by atoms with Crippen molar-refractivity contribution in [2.75, 3.05) is 11.4 Å². The van der Waals surface area contributed by atoms with Crippen molar-refractivity contribution in [3.05, 3.63) is 41.0 Å². The number of furan rings is 1. The predicted molar refractivity (Wildman–Crippen MR) is 93.1 cm³/mol. The number of aromatic amines is 1. The summed E-state index contributed by atoms with van der Waals surface area (Å²) in [6, 6.07) is 5.84. The van der Waals surface area contributed by atoms with Gasteiger partial charge in [0, 0.05) is 24.3 Å². The average Bonchev–Trinajstić information content (AvgIpc) is 3.15. The molecule has 0 aromatic carbocycles. The van der Waals surface area contributed by atoms with Crippen molar-refractivity contribution in [3.8, 4) is 11.3 Å². The molecule has 1 unspecified atom stereocenters. The van der Waals surface area contributed by atoms with Gasteiger partial charge in [-0.15, -0.1) is 0 Å². The molecule has 1 fully saturated rings. The fraction of sp³-hybridized carbons (Fsp3) is 0.389. The molecule has 1 atom stereocenters. The van der Waals surface area contributed by atoms with Gasteiger partial charge in [-0.3, -0.25) is 9.78 Å². The van der Waals surface area contributed by atoms with Crippen LogP contribution in [0, 0.1) is 0 Å². The van der Waals surface area contributed by atoms with Gasteiger partial charge >= 0.3 is 0 Å². The minimum absolute atomic E-state index is 0.171. The summed E-state index contributed by atoms with van der Waals surface area (Å²) in [5.41, 5.74) is 1.01. The number of nitrogens with zero attached hydrogens (tertiary/aromatic N) is 3. The molecule has 4 rings (SSSR count). The lowest BCUT2D eigenvalue weighted by molar-refractivity contribution is 0.443. The van der Waals surface area contributed by atoms with Crippen LogP contribution in [-0.4, -0.2) is 27.5 Å². The molecule has 0 spiro atoms. The Morgan fingerprint density at radius 1 is 1.38 bits per heavy atom. The number of anilines is 1. The number of hydrogen-bond acceptors (Lipinski definition) is 5. The molecule has 1 saturated heterocycles. The van der Waals surface area contributed by atoms with E-state index in [1.54, 1.807) is 24.6 Å². The van der Waals surface area contributed by atoms with E-state index in [2.05, 4.69) is 26.8 Å². The fourth-order valence-electron chi connectivity index (χ4n) is 3.53. The third-order valence-electron chi connectivity index (χ3n) is 4.75. The predicted octanol–water partition coefficient (Wildman–Crippen LogP) is 3.35. The first-order valence-corrected chi connectivity index (χ1v) is 8.47. The molecule has 6 nitrogen and oxygen atoms in total. The summed E-state index contributed by atoms with van der Waals surface area (Å²) in [5.74, 6) is 1.27. The lowest BCUT2D eigenvalue weighted by Gasteiger charge is -2.35. The van der Waals surface area contributed by atoms with Gasteiger partial charge in [0.05, 0.1) is 11.6 Å². The van der Waals surface area contributed by atoms with Gasteiger partial charge in [0.1, 0.15) is 5.76 Å². The van der Waals surface area contributed by atoms with E-state index in [1.165, 1.54) is 6.42 Å². The van der Waals surface area contributed by atoms with Gasteiger partial charge in [-0.2, -0.15) is 4.98 Å². The highest BCUT2D eigenvalue weighted by Gasteiger charge is 2.24. The third-order valence-corrected chi connectivity index (χ3v) is 4.75. The van der Waals surface area contributed by atoms with Crippen molar-refractivity contribution in [1.82, 2.24) is 15.0 Å². The van der Waals surface area contributed by atoms with Gasteiger partial charge in [0.2, 0.25) is 5.95 Å². The maximum Gasteiger partial charge on any atom is 0.262 e. The first-order chi connectivity index (χ1) is 11.8. The van der Waals surface area contributed by atoms with E-state index in [1.807, 2.05) is 6.07 Å². The van der Waals surface area contributed by atoms with Crippen LogP contribution >= 0.6 is 0 Å². The standard InChI is InChI=1S/C18H20N4O2/c1-2-12-6-3-4-10-22(12)18-20-16-15(17(23)21-18)13(8-9-19-16)14-7-5-11-24-14/h5,7-9,11-12H,2-4,6,10H2,1H3,(H,19,20,21,23). The molecule has 3 aromatic rings. The molecule has 1 aliphatic rings. The number of pyridine rings is 1. The molecule has 124 valence electrons. The van der Waals surface area contributed by atoms with Gasteiger partial charge in [-0.1, -0.05) is 6.92 Å². The maximum absolute atomic E-state index is 12.7. The Morgan fingerprint density at radius 3 is 3.08 bits per heavy atom. The highest BCUT2D eigenvalue weighted by atomic mass is 16.3. The topological polar surface area (TPSA) is 75.0 Å².